The molecule has 2 nitrogen and oxygen atoms in total. The monoisotopic (exact) mass is 275 g/mol. The Morgan fingerprint density at radius 2 is 2.00 bits per heavy atom. The van der Waals surface area contributed by atoms with E-state index in [1.807, 2.05) is 11.4 Å². The molecule has 0 aliphatic carbocycles. The lowest BCUT2D eigenvalue weighted by molar-refractivity contribution is -0.177. The number of rotatable bonds is 3. The highest BCUT2D eigenvalue weighted by Crippen LogP contribution is 2.32. The van der Waals surface area contributed by atoms with Gasteiger partial charge >= 0.3 is 6.18 Å². The van der Waals surface area contributed by atoms with Crippen LogP contribution >= 0.6 is 11.3 Å². The molecule has 0 radical (unpaired) electrons. The second-order valence-corrected chi connectivity index (χ2v) is 4.92. The third-order valence-electron chi connectivity index (χ3n) is 2.80. The van der Waals surface area contributed by atoms with Gasteiger partial charge in [0.15, 0.2) is 0 Å². The summed E-state index contributed by atoms with van der Waals surface area (Å²) in [5.74, 6) is 0. The molecule has 0 bridgehead atoms. The number of halogens is 3. The molecule has 1 aromatic carbocycles. The number of hydrogen-bond donors (Lipinski definition) is 2. The van der Waals surface area contributed by atoms with E-state index in [0.29, 0.717) is 0 Å². The van der Waals surface area contributed by atoms with Crippen LogP contribution in [0.2, 0.25) is 0 Å². The van der Waals surface area contributed by atoms with Crippen LogP contribution in [0.1, 0.15) is 11.7 Å². The number of likely N-dealkylation sites (N-methyl/N-ethyl adjacent to an activating group) is 1. The molecule has 2 rings (SSSR count). The maximum absolute atomic E-state index is 12.7. The standard InChI is InChI=1S/C12H12F3NOS/c1-16-11(12(13,14)15)10(17)8-3-2-7-4-5-18-9(7)6-8/h2-6,10-11,16-17H,1H3. The van der Waals surface area contributed by atoms with Gasteiger partial charge < -0.3 is 10.4 Å². The highest BCUT2D eigenvalue weighted by atomic mass is 32.1. The average Bonchev–Trinajstić information content (AvgIpc) is 2.74. The largest absolute Gasteiger partial charge is 0.406 e. The van der Waals surface area contributed by atoms with Crippen molar-refractivity contribution in [2.24, 2.45) is 0 Å². The van der Waals surface area contributed by atoms with E-state index in [-0.39, 0.29) is 5.56 Å². The predicted molar refractivity (Wildman–Crippen MR) is 65.7 cm³/mol. The van der Waals surface area contributed by atoms with E-state index in [0.717, 1.165) is 10.1 Å². The number of alkyl halides is 3. The molecule has 0 saturated heterocycles. The molecule has 1 aromatic heterocycles. The molecular formula is C12H12F3NOS. The van der Waals surface area contributed by atoms with Gasteiger partial charge in [-0.05, 0) is 35.5 Å². The van der Waals surface area contributed by atoms with Crippen molar-refractivity contribution in [3.8, 4) is 0 Å². The summed E-state index contributed by atoms with van der Waals surface area (Å²) in [4.78, 5) is 0. The van der Waals surface area contributed by atoms with Gasteiger partial charge in [-0.15, -0.1) is 11.3 Å². The van der Waals surface area contributed by atoms with Gasteiger partial charge in [0.05, 0.1) is 0 Å². The lowest BCUT2D eigenvalue weighted by Gasteiger charge is -2.25. The highest BCUT2D eigenvalue weighted by molar-refractivity contribution is 7.17. The van der Waals surface area contributed by atoms with E-state index in [1.54, 1.807) is 12.1 Å². The molecule has 1 heterocycles. The predicted octanol–water partition coefficient (Wildman–Crippen LogP) is 3.09. The van der Waals surface area contributed by atoms with Crippen molar-refractivity contribution in [1.82, 2.24) is 5.32 Å². The summed E-state index contributed by atoms with van der Waals surface area (Å²) in [7, 11) is 1.19. The quantitative estimate of drug-likeness (QED) is 0.902. The van der Waals surface area contributed by atoms with Gasteiger partial charge in [0.25, 0.3) is 0 Å². The van der Waals surface area contributed by atoms with Crippen molar-refractivity contribution in [1.29, 1.82) is 0 Å². The van der Waals surface area contributed by atoms with Crippen LogP contribution < -0.4 is 5.32 Å². The minimum absolute atomic E-state index is 0.265. The Balaban J connectivity index is 2.34. The Hall–Kier alpha value is -1.11. The number of benzene rings is 1. The van der Waals surface area contributed by atoms with Crippen LogP contribution in [0.4, 0.5) is 13.2 Å². The van der Waals surface area contributed by atoms with E-state index in [9.17, 15) is 18.3 Å². The second kappa shape index (κ2) is 4.87. The van der Waals surface area contributed by atoms with Crippen LogP contribution in [0, 0.1) is 0 Å². The van der Waals surface area contributed by atoms with E-state index < -0.39 is 18.3 Å². The molecule has 6 heteroatoms. The van der Waals surface area contributed by atoms with Crippen molar-refractivity contribution in [3.63, 3.8) is 0 Å². The first-order valence-electron chi connectivity index (χ1n) is 5.32. The van der Waals surface area contributed by atoms with Crippen LogP contribution in [0.15, 0.2) is 29.6 Å². The van der Waals surface area contributed by atoms with E-state index in [1.165, 1.54) is 24.5 Å². The molecular weight excluding hydrogens is 263 g/mol. The SMILES string of the molecule is CNC(C(O)c1ccc2ccsc2c1)C(F)(F)F. The third kappa shape index (κ3) is 2.50. The number of thiophene rings is 1. The maximum Gasteiger partial charge on any atom is 0.406 e. The zero-order valence-electron chi connectivity index (χ0n) is 9.53. The summed E-state index contributed by atoms with van der Waals surface area (Å²) in [5, 5.41) is 14.8. The first-order valence-corrected chi connectivity index (χ1v) is 6.20. The third-order valence-corrected chi connectivity index (χ3v) is 3.68. The van der Waals surface area contributed by atoms with Gasteiger partial charge in [-0.2, -0.15) is 13.2 Å². The average molecular weight is 275 g/mol. The zero-order valence-corrected chi connectivity index (χ0v) is 10.3. The first kappa shape index (κ1) is 13.3. The normalized spacial score (nSPS) is 15.8. The van der Waals surface area contributed by atoms with E-state index >= 15 is 0 Å². The number of nitrogens with one attached hydrogen (secondary N) is 1. The Kier molecular flexibility index (Phi) is 3.61. The lowest BCUT2D eigenvalue weighted by atomic mass is 10.0. The fraction of sp³-hybridized carbons (Fsp3) is 0.333. The molecule has 2 N–H and O–H groups in total. The summed E-state index contributed by atoms with van der Waals surface area (Å²) in [6.45, 7) is 0. The minimum Gasteiger partial charge on any atom is -0.386 e. The summed E-state index contributed by atoms with van der Waals surface area (Å²) >= 11 is 1.43. The minimum atomic E-state index is -4.49. The van der Waals surface area contributed by atoms with Crippen LogP contribution in [-0.2, 0) is 0 Å². The van der Waals surface area contributed by atoms with Gasteiger partial charge in [0.2, 0.25) is 0 Å². The maximum atomic E-state index is 12.7. The number of aliphatic hydroxyl groups is 1. The molecule has 0 aliphatic heterocycles. The van der Waals surface area contributed by atoms with E-state index in [2.05, 4.69) is 5.32 Å². The first-order chi connectivity index (χ1) is 8.43. The van der Waals surface area contributed by atoms with Gasteiger partial charge in [0.1, 0.15) is 12.1 Å². The van der Waals surface area contributed by atoms with Crippen LogP contribution in [-0.4, -0.2) is 24.4 Å². The molecule has 2 atom stereocenters. The van der Waals surface area contributed by atoms with E-state index in [4.69, 9.17) is 0 Å². The molecule has 18 heavy (non-hydrogen) atoms. The van der Waals surface area contributed by atoms with Crippen molar-refractivity contribution in [3.05, 3.63) is 35.2 Å². The molecule has 98 valence electrons. The molecule has 0 amide bonds. The topological polar surface area (TPSA) is 32.3 Å². The molecule has 0 fully saturated rings. The van der Waals surface area contributed by atoms with Crippen molar-refractivity contribution < 1.29 is 18.3 Å². The highest BCUT2D eigenvalue weighted by Gasteiger charge is 2.43. The fourth-order valence-electron chi connectivity index (χ4n) is 1.85. The summed E-state index contributed by atoms with van der Waals surface area (Å²) < 4.78 is 38.9. The van der Waals surface area contributed by atoms with Crippen molar-refractivity contribution >= 4 is 21.4 Å². The van der Waals surface area contributed by atoms with Gasteiger partial charge in [0, 0.05) is 4.70 Å². The molecule has 0 spiro atoms. The Morgan fingerprint density at radius 1 is 1.28 bits per heavy atom. The molecule has 0 aliphatic rings. The van der Waals surface area contributed by atoms with Gasteiger partial charge in [-0.1, -0.05) is 12.1 Å². The van der Waals surface area contributed by atoms with Gasteiger partial charge in [-0.25, -0.2) is 0 Å². The van der Waals surface area contributed by atoms with Crippen LogP contribution in [0.25, 0.3) is 10.1 Å². The fourth-order valence-corrected chi connectivity index (χ4v) is 2.69. The summed E-state index contributed by atoms with van der Waals surface area (Å²) in [6, 6.07) is 4.76. The Morgan fingerprint density at radius 3 is 2.61 bits per heavy atom. The Labute approximate surface area is 106 Å². The van der Waals surface area contributed by atoms with Gasteiger partial charge in [-0.3, -0.25) is 0 Å². The van der Waals surface area contributed by atoms with Crippen LogP contribution in [0.5, 0.6) is 0 Å². The number of aliphatic hydroxyl groups excluding tert-OH is 1. The zero-order chi connectivity index (χ0) is 13.3. The second-order valence-electron chi connectivity index (χ2n) is 3.97. The smallest absolute Gasteiger partial charge is 0.386 e. The number of fused-ring (bicyclic) bond motifs is 1. The Bertz CT molecular complexity index is 537. The van der Waals surface area contributed by atoms with Crippen molar-refractivity contribution in [2.45, 2.75) is 18.3 Å². The van der Waals surface area contributed by atoms with Crippen LogP contribution in [0.3, 0.4) is 0 Å². The molecule has 2 unspecified atom stereocenters. The number of hydrogen-bond acceptors (Lipinski definition) is 3. The summed E-state index contributed by atoms with van der Waals surface area (Å²) in [6.07, 6.45) is -6.10. The summed E-state index contributed by atoms with van der Waals surface area (Å²) in [5.41, 5.74) is 0.265. The van der Waals surface area contributed by atoms with Crippen molar-refractivity contribution in [2.75, 3.05) is 7.05 Å². The molecule has 0 saturated carbocycles. The lowest BCUT2D eigenvalue weighted by Crippen LogP contribution is -2.44. The molecule has 2 aromatic rings.